The highest BCUT2D eigenvalue weighted by molar-refractivity contribution is 5.99. The Morgan fingerprint density at radius 3 is 2.46 bits per heavy atom. The summed E-state index contributed by atoms with van der Waals surface area (Å²) in [5.41, 5.74) is 3.74. The number of rotatable bonds is 6. The Morgan fingerprint density at radius 2 is 1.77 bits per heavy atom. The fraction of sp³-hybridized carbons (Fsp3) is 0.172. The van der Waals surface area contributed by atoms with Crippen LogP contribution in [-0.2, 0) is 6.54 Å². The first-order valence-corrected chi connectivity index (χ1v) is 11.3. The molecular weight excluding hydrogens is 445 g/mol. The zero-order valence-electron chi connectivity index (χ0n) is 19.5. The first-order chi connectivity index (χ1) is 16.9. The zero-order valence-corrected chi connectivity index (χ0v) is 19.5. The summed E-state index contributed by atoms with van der Waals surface area (Å²) in [6.07, 6.45) is 1.66. The van der Waals surface area contributed by atoms with Crippen molar-refractivity contribution in [2.75, 3.05) is 6.61 Å². The van der Waals surface area contributed by atoms with Crippen LogP contribution in [0.5, 0.6) is 5.75 Å². The predicted molar refractivity (Wildman–Crippen MR) is 132 cm³/mol. The third kappa shape index (κ3) is 4.01. The smallest absolute Gasteiger partial charge is 0.291 e. The van der Waals surface area contributed by atoms with Crippen LogP contribution in [0.2, 0.25) is 0 Å². The molecule has 1 aliphatic rings. The average molecular weight is 470 g/mol. The van der Waals surface area contributed by atoms with Crippen LogP contribution in [0, 0.1) is 19.7 Å². The number of carbonyl (C=O) groups excluding carboxylic acids is 1. The first-order valence-electron chi connectivity index (χ1n) is 11.3. The Hall–Kier alpha value is -4.19. The van der Waals surface area contributed by atoms with Gasteiger partial charge in [-0.05, 0) is 66.4 Å². The summed E-state index contributed by atoms with van der Waals surface area (Å²) in [6.45, 7) is 8.00. The van der Waals surface area contributed by atoms with Gasteiger partial charge in [0, 0.05) is 6.54 Å². The number of fused-ring (bicyclic) bond motifs is 2. The zero-order chi connectivity index (χ0) is 24.7. The van der Waals surface area contributed by atoms with Gasteiger partial charge in [0.2, 0.25) is 5.76 Å². The number of hydrogen-bond donors (Lipinski definition) is 0. The van der Waals surface area contributed by atoms with Gasteiger partial charge in [0.25, 0.3) is 5.91 Å². The number of ether oxygens (including phenoxy) is 1. The molecule has 6 heteroatoms. The monoisotopic (exact) mass is 469 g/mol. The van der Waals surface area contributed by atoms with E-state index in [4.69, 9.17) is 9.15 Å². The van der Waals surface area contributed by atoms with Crippen molar-refractivity contribution in [3.05, 3.63) is 123 Å². The molecule has 1 unspecified atom stereocenters. The summed E-state index contributed by atoms with van der Waals surface area (Å²) in [7, 11) is 0. The topological polar surface area (TPSA) is 59.8 Å². The van der Waals surface area contributed by atoms with Crippen molar-refractivity contribution in [3.63, 3.8) is 0 Å². The van der Waals surface area contributed by atoms with Gasteiger partial charge in [-0.1, -0.05) is 43.0 Å². The maximum absolute atomic E-state index is 13.8. The van der Waals surface area contributed by atoms with Gasteiger partial charge in [0.05, 0.1) is 17.0 Å². The van der Waals surface area contributed by atoms with E-state index in [1.165, 1.54) is 12.1 Å². The van der Waals surface area contributed by atoms with E-state index in [1.807, 2.05) is 32.0 Å². The summed E-state index contributed by atoms with van der Waals surface area (Å²) >= 11 is 0. The quantitative estimate of drug-likeness (QED) is 0.332. The van der Waals surface area contributed by atoms with Gasteiger partial charge in [0.1, 0.15) is 23.8 Å². The van der Waals surface area contributed by atoms with E-state index in [-0.39, 0.29) is 29.5 Å². The summed E-state index contributed by atoms with van der Waals surface area (Å²) in [6, 6.07) is 16.3. The van der Waals surface area contributed by atoms with Crippen molar-refractivity contribution in [1.29, 1.82) is 0 Å². The molecule has 5 nitrogen and oxygen atoms in total. The lowest BCUT2D eigenvalue weighted by Crippen LogP contribution is -2.29. The molecule has 0 saturated carbocycles. The Morgan fingerprint density at radius 1 is 1.06 bits per heavy atom. The van der Waals surface area contributed by atoms with E-state index in [1.54, 1.807) is 41.3 Å². The molecule has 0 N–H and O–H groups in total. The van der Waals surface area contributed by atoms with Gasteiger partial charge in [-0.25, -0.2) is 4.39 Å². The van der Waals surface area contributed by atoms with Gasteiger partial charge in [-0.15, -0.1) is 0 Å². The SMILES string of the molecule is C=CCOc1ccc(C2c3c(oc4c(C)cc(C)cc4c3=O)C(=O)N2Cc2ccc(F)cc2)cc1. The predicted octanol–water partition coefficient (Wildman–Crippen LogP) is 5.86. The van der Waals surface area contributed by atoms with Crippen molar-refractivity contribution in [2.45, 2.75) is 26.4 Å². The standard InChI is InChI=1S/C29H24FNO4/c1-4-13-34-22-11-7-20(8-12-22)25-24-26(32)23-15-17(2)14-18(3)27(23)35-28(24)29(33)31(25)16-19-5-9-21(30)10-6-19/h4-12,14-15,25H,1,13,16H2,2-3H3. The molecule has 0 spiro atoms. The van der Waals surface area contributed by atoms with Crippen LogP contribution in [0.15, 0.2) is 82.5 Å². The van der Waals surface area contributed by atoms with Gasteiger partial charge in [-0.2, -0.15) is 0 Å². The molecule has 5 rings (SSSR count). The Kier molecular flexibility index (Phi) is 5.73. The number of aryl methyl sites for hydroxylation is 2. The van der Waals surface area contributed by atoms with E-state index >= 15 is 0 Å². The number of amides is 1. The van der Waals surface area contributed by atoms with Crippen LogP contribution in [0.1, 0.15) is 44.4 Å². The van der Waals surface area contributed by atoms with Crippen molar-refractivity contribution in [3.8, 4) is 5.75 Å². The highest BCUT2D eigenvalue weighted by Gasteiger charge is 2.42. The number of benzene rings is 3. The molecule has 2 heterocycles. The summed E-state index contributed by atoms with van der Waals surface area (Å²) in [5.74, 6) is -0.0284. The third-order valence-corrected chi connectivity index (χ3v) is 6.23. The maximum atomic E-state index is 13.8. The highest BCUT2D eigenvalue weighted by Crippen LogP contribution is 2.40. The Labute approximate surface area is 202 Å². The second-order valence-electron chi connectivity index (χ2n) is 8.76. The number of hydrogen-bond acceptors (Lipinski definition) is 4. The molecule has 1 aliphatic heterocycles. The van der Waals surface area contributed by atoms with Gasteiger partial charge in [0.15, 0.2) is 5.43 Å². The van der Waals surface area contributed by atoms with E-state index in [0.29, 0.717) is 28.9 Å². The maximum Gasteiger partial charge on any atom is 0.291 e. The third-order valence-electron chi connectivity index (χ3n) is 6.23. The molecule has 0 saturated heterocycles. The molecule has 0 fully saturated rings. The van der Waals surface area contributed by atoms with Crippen molar-refractivity contribution in [1.82, 2.24) is 4.90 Å². The van der Waals surface area contributed by atoms with E-state index < -0.39 is 6.04 Å². The summed E-state index contributed by atoms with van der Waals surface area (Å²) < 4.78 is 25.2. The fourth-order valence-corrected chi connectivity index (χ4v) is 4.67. The van der Waals surface area contributed by atoms with Crippen molar-refractivity contribution >= 4 is 16.9 Å². The number of halogens is 1. The molecule has 1 amide bonds. The molecule has 4 aromatic rings. The molecule has 0 bridgehead atoms. The second kappa shape index (κ2) is 8.87. The van der Waals surface area contributed by atoms with E-state index in [0.717, 1.165) is 22.3 Å². The van der Waals surface area contributed by atoms with Crippen LogP contribution in [0.25, 0.3) is 11.0 Å². The van der Waals surface area contributed by atoms with Crippen LogP contribution in [0.3, 0.4) is 0 Å². The largest absolute Gasteiger partial charge is 0.490 e. The van der Waals surface area contributed by atoms with E-state index in [2.05, 4.69) is 6.58 Å². The normalized spacial score (nSPS) is 14.9. The molecular formula is C29H24FNO4. The van der Waals surface area contributed by atoms with Gasteiger partial charge in [-0.3, -0.25) is 9.59 Å². The van der Waals surface area contributed by atoms with Crippen molar-refractivity contribution < 1.29 is 18.3 Å². The fourth-order valence-electron chi connectivity index (χ4n) is 4.67. The lowest BCUT2D eigenvalue weighted by atomic mass is 9.97. The van der Waals surface area contributed by atoms with Gasteiger partial charge >= 0.3 is 0 Å². The molecule has 35 heavy (non-hydrogen) atoms. The van der Waals surface area contributed by atoms with Crippen LogP contribution in [-0.4, -0.2) is 17.4 Å². The second-order valence-corrected chi connectivity index (χ2v) is 8.76. The lowest BCUT2D eigenvalue weighted by molar-refractivity contribution is 0.0714. The number of carbonyl (C=O) groups is 1. The van der Waals surface area contributed by atoms with Gasteiger partial charge < -0.3 is 14.1 Å². The highest BCUT2D eigenvalue weighted by atomic mass is 19.1. The first kappa shape index (κ1) is 22.6. The van der Waals surface area contributed by atoms with Crippen LogP contribution < -0.4 is 10.2 Å². The minimum absolute atomic E-state index is 0.0496. The minimum Gasteiger partial charge on any atom is -0.490 e. The molecule has 1 atom stereocenters. The molecule has 0 aliphatic carbocycles. The average Bonchev–Trinajstić information content (AvgIpc) is 3.12. The van der Waals surface area contributed by atoms with E-state index in [9.17, 15) is 14.0 Å². The van der Waals surface area contributed by atoms with Crippen LogP contribution in [0.4, 0.5) is 4.39 Å². The summed E-state index contributed by atoms with van der Waals surface area (Å²) in [5, 5.41) is 0.452. The summed E-state index contributed by atoms with van der Waals surface area (Å²) in [4.78, 5) is 29.0. The van der Waals surface area contributed by atoms with Crippen molar-refractivity contribution in [2.24, 2.45) is 0 Å². The molecule has 176 valence electrons. The Balaban J connectivity index is 1.68. The molecule has 3 aromatic carbocycles. The van der Waals surface area contributed by atoms with Crippen LogP contribution >= 0.6 is 0 Å². The molecule has 1 aromatic heterocycles. The molecule has 0 radical (unpaired) electrons. The Bertz CT molecular complexity index is 1500. The minimum atomic E-state index is -0.655. The number of nitrogens with zero attached hydrogens (tertiary/aromatic N) is 1. The lowest BCUT2D eigenvalue weighted by Gasteiger charge is -2.25.